The number of benzene rings is 1. The Kier molecular flexibility index (Phi) is 4.81. The highest BCUT2D eigenvalue weighted by Gasteiger charge is 2.38. The van der Waals surface area contributed by atoms with E-state index in [1.807, 2.05) is 36.4 Å². The molecule has 0 aliphatic carbocycles. The number of carbonyl (C=O) groups is 1. The highest BCUT2D eigenvalue weighted by Crippen LogP contribution is 2.36. The molecule has 3 rings (SSSR count). The van der Waals surface area contributed by atoms with E-state index in [9.17, 15) is 4.79 Å². The van der Waals surface area contributed by atoms with Gasteiger partial charge in [-0.25, -0.2) is 4.98 Å². The molecule has 0 unspecified atom stereocenters. The molecule has 0 spiro atoms. The maximum Gasteiger partial charge on any atom is 0.223 e. The Morgan fingerprint density at radius 3 is 2.83 bits per heavy atom. The van der Waals surface area contributed by atoms with Crippen molar-refractivity contribution in [1.29, 1.82) is 0 Å². The standard InChI is InChI=1S/C17H20N4OS/c1-21-16(22)8-13(17(21)12-6-4-3-5-7-12)9-19-14-10-18-11-15(20-14)23-2/h3-7,10-11,13,17H,8-9H2,1-2H3,(H,19,20)/t13-,17-/m0/s1. The maximum atomic E-state index is 12.1. The van der Waals surface area contributed by atoms with E-state index in [1.165, 1.54) is 5.56 Å². The molecular formula is C17H20N4OS. The SMILES string of the molecule is CSc1cncc(NC[C@@H]2CC(=O)N(C)[C@H]2c2ccccc2)n1. The van der Waals surface area contributed by atoms with Gasteiger partial charge in [0.25, 0.3) is 0 Å². The largest absolute Gasteiger partial charge is 0.368 e. The monoisotopic (exact) mass is 328 g/mol. The molecule has 120 valence electrons. The Labute approximate surface area is 140 Å². The molecule has 1 aliphatic rings. The molecule has 23 heavy (non-hydrogen) atoms. The second-order valence-electron chi connectivity index (χ2n) is 5.65. The predicted molar refractivity (Wildman–Crippen MR) is 92.4 cm³/mol. The molecule has 2 atom stereocenters. The molecular weight excluding hydrogens is 308 g/mol. The van der Waals surface area contributed by atoms with Gasteiger partial charge in [0.2, 0.25) is 5.91 Å². The maximum absolute atomic E-state index is 12.1. The number of hydrogen-bond donors (Lipinski definition) is 1. The highest BCUT2D eigenvalue weighted by molar-refractivity contribution is 7.98. The smallest absolute Gasteiger partial charge is 0.223 e. The fourth-order valence-electron chi connectivity index (χ4n) is 3.05. The van der Waals surface area contributed by atoms with Crippen LogP contribution in [0.15, 0.2) is 47.8 Å². The van der Waals surface area contributed by atoms with Crippen molar-refractivity contribution in [2.45, 2.75) is 17.5 Å². The normalized spacial score (nSPS) is 20.8. The third kappa shape index (κ3) is 3.47. The summed E-state index contributed by atoms with van der Waals surface area (Å²) < 4.78 is 0. The average Bonchev–Trinajstić information content (AvgIpc) is 2.88. The molecule has 1 saturated heterocycles. The quantitative estimate of drug-likeness (QED) is 0.855. The summed E-state index contributed by atoms with van der Waals surface area (Å²) in [5.41, 5.74) is 1.18. The number of thioether (sulfide) groups is 1. The molecule has 1 amide bonds. The number of hydrogen-bond acceptors (Lipinski definition) is 5. The Morgan fingerprint density at radius 1 is 1.30 bits per heavy atom. The Morgan fingerprint density at radius 2 is 2.09 bits per heavy atom. The Balaban J connectivity index is 1.74. The van der Waals surface area contributed by atoms with Crippen LogP contribution in [0.3, 0.4) is 0 Å². The lowest BCUT2D eigenvalue weighted by molar-refractivity contribution is -0.127. The zero-order valence-electron chi connectivity index (χ0n) is 13.3. The summed E-state index contributed by atoms with van der Waals surface area (Å²) in [6.07, 6.45) is 6.00. The van der Waals surface area contributed by atoms with E-state index in [-0.39, 0.29) is 17.9 Å². The van der Waals surface area contributed by atoms with Gasteiger partial charge in [-0.1, -0.05) is 30.3 Å². The number of likely N-dealkylation sites (tertiary alicyclic amines) is 1. The molecule has 5 nitrogen and oxygen atoms in total. The van der Waals surface area contributed by atoms with E-state index >= 15 is 0 Å². The fourth-order valence-corrected chi connectivity index (χ4v) is 3.40. The summed E-state index contributed by atoms with van der Waals surface area (Å²) in [5, 5.41) is 4.22. The first-order valence-electron chi connectivity index (χ1n) is 7.59. The topological polar surface area (TPSA) is 58.1 Å². The van der Waals surface area contributed by atoms with Crippen LogP contribution in [0.5, 0.6) is 0 Å². The predicted octanol–water partition coefficient (Wildman–Crippen LogP) is 2.83. The van der Waals surface area contributed by atoms with Crippen LogP contribution in [-0.2, 0) is 4.79 Å². The number of amides is 1. The minimum atomic E-state index is 0.105. The summed E-state index contributed by atoms with van der Waals surface area (Å²) in [4.78, 5) is 22.7. The van der Waals surface area contributed by atoms with Crippen LogP contribution in [0, 0.1) is 5.92 Å². The summed E-state index contributed by atoms with van der Waals surface area (Å²) in [6, 6.07) is 10.3. The van der Waals surface area contributed by atoms with Gasteiger partial charge in [0.15, 0.2) is 0 Å². The molecule has 2 heterocycles. The lowest BCUT2D eigenvalue weighted by Gasteiger charge is -2.25. The molecule has 0 saturated carbocycles. The zero-order chi connectivity index (χ0) is 16.2. The number of nitrogens with zero attached hydrogens (tertiary/aromatic N) is 3. The van der Waals surface area contributed by atoms with Gasteiger partial charge in [0.05, 0.1) is 18.4 Å². The minimum absolute atomic E-state index is 0.105. The summed E-state index contributed by atoms with van der Waals surface area (Å²) in [7, 11) is 1.88. The molecule has 1 aromatic heterocycles. The van der Waals surface area contributed by atoms with Crippen molar-refractivity contribution in [3.8, 4) is 0 Å². The Hall–Kier alpha value is -2.08. The Bertz CT molecular complexity index is 679. The molecule has 1 aromatic carbocycles. The van der Waals surface area contributed by atoms with Crippen molar-refractivity contribution in [1.82, 2.24) is 14.9 Å². The third-order valence-electron chi connectivity index (χ3n) is 4.20. The van der Waals surface area contributed by atoms with Crippen LogP contribution in [0.4, 0.5) is 5.82 Å². The van der Waals surface area contributed by atoms with Gasteiger partial charge in [-0.3, -0.25) is 9.78 Å². The first-order valence-corrected chi connectivity index (χ1v) is 8.82. The molecule has 2 aromatic rings. The molecule has 0 radical (unpaired) electrons. The summed E-state index contributed by atoms with van der Waals surface area (Å²) in [5.74, 6) is 1.16. The average molecular weight is 328 g/mol. The van der Waals surface area contributed by atoms with Crippen LogP contribution in [0.25, 0.3) is 0 Å². The molecule has 1 aliphatic heterocycles. The van der Waals surface area contributed by atoms with Gasteiger partial charge in [0, 0.05) is 25.9 Å². The van der Waals surface area contributed by atoms with E-state index in [1.54, 1.807) is 24.2 Å². The van der Waals surface area contributed by atoms with Crippen molar-refractivity contribution in [3.05, 3.63) is 48.3 Å². The van der Waals surface area contributed by atoms with Crippen LogP contribution in [-0.4, -0.2) is 40.6 Å². The van der Waals surface area contributed by atoms with Gasteiger partial charge in [-0.15, -0.1) is 11.8 Å². The van der Waals surface area contributed by atoms with Crippen LogP contribution >= 0.6 is 11.8 Å². The highest BCUT2D eigenvalue weighted by atomic mass is 32.2. The minimum Gasteiger partial charge on any atom is -0.368 e. The van der Waals surface area contributed by atoms with Crippen molar-refractivity contribution in [2.24, 2.45) is 5.92 Å². The number of nitrogens with one attached hydrogen (secondary N) is 1. The van der Waals surface area contributed by atoms with Gasteiger partial charge >= 0.3 is 0 Å². The summed E-state index contributed by atoms with van der Waals surface area (Å²) >= 11 is 1.56. The second kappa shape index (κ2) is 7.00. The lowest BCUT2D eigenvalue weighted by Crippen LogP contribution is -2.26. The molecule has 1 N–H and O–H groups in total. The summed E-state index contributed by atoms with van der Waals surface area (Å²) in [6.45, 7) is 0.697. The van der Waals surface area contributed by atoms with E-state index in [0.717, 1.165) is 10.8 Å². The van der Waals surface area contributed by atoms with E-state index in [2.05, 4.69) is 27.4 Å². The van der Waals surface area contributed by atoms with Gasteiger partial charge in [-0.05, 0) is 11.8 Å². The first kappa shape index (κ1) is 15.8. The van der Waals surface area contributed by atoms with Crippen LogP contribution < -0.4 is 5.32 Å². The number of aromatic nitrogens is 2. The zero-order valence-corrected chi connectivity index (χ0v) is 14.1. The lowest BCUT2D eigenvalue weighted by atomic mass is 9.93. The van der Waals surface area contributed by atoms with Crippen LogP contribution in [0.2, 0.25) is 0 Å². The van der Waals surface area contributed by atoms with E-state index in [0.29, 0.717) is 13.0 Å². The molecule has 1 fully saturated rings. The van der Waals surface area contributed by atoms with Gasteiger partial charge in [-0.2, -0.15) is 0 Å². The molecule has 6 heteroatoms. The number of carbonyl (C=O) groups excluding carboxylic acids is 1. The number of anilines is 1. The second-order valence-corrected chi connectivity index (χ2v) is 6.48. The van der Waals surface area contributed by atoms with Crippen molar-refractivity contribution in [3.63, 3.8) is 0 Å². The van der Waals surface area contributed by atoms with E-state index < -0.39 is 0 Å². The van der Waals surface area contributed by atoms with Crippen molar-refractivity contribution >= 4 is 23.5 Å². The van der Waals surface area contributed by atoms with Crippen LogP contribution in [0.1, 0.15) is 18.0 Å². The van der Waals surface area contributed by atoms with E-state index in [4.69, 9.17) is 0 Å². The van der Waals surface area contributed by atoms with Gasteiger partial charge in [0.1, 0.15) is 10.8 Å². The third-order valence-corrected chi connectivity index (χ3v) is 4.82. The van der Waals surface area contributed by atoms with Crippen molar-refractivity contribution in [2.75, 3.05) is 25.2 Å². The molecule has 0 bridgehead atoms. The number of rotatable bonds is 5. The van der Waals surface area contributed by atoms with Crippen molar-refractivity contribution < 1.29 is 4.79 Å². The fraction of sp³-hybridized carbons (Fsp3) is 0.353. The van der Waals surface area contributed by atoms with Gasteiger partial charge < -0.3 is 10.2 Å². The first-order chi connectivity index (χ1) is 11.2.